The molecule has 0 radical (unpaired) electrons. The third kappa shape index (κ3) is 4.60. The highest BCUT2D eigenvalue weighted by Crippen LogP contribution is 2.32. The van der Waals surface area contributed by atoms with Gasteiger partial charge in [0.2, 0.25) is 0 Å². The van der Waals surface area contributed by atoms with Gasteiger partial charge in [-0.25, -0.2) is 9.67 Å². The van der Waals surface area contributed by atoms with Crippen molar-refractivity contribution in [1.82, 2.24) is 24.6 Å². The van der Waals surface area contributed by atoms with Crippen molar-refractivity contribution in [3.8, 4) is 5.75 Å². The first-order valence-corrected chi connectivity index (χ1v) is 10.5. The number of pyridine rings is 1. The largest absolute Gasteiger partial charge is 0.494 e. The third-order valence-corrected chi connectivity index (χ3v) is 5.59. The van der Waals surface area contributed by atoms with Gasteiger partial charge in [-0.1, -0.05) is 12.1 Å². The van der Waals surface area contributed by atoms with Crippen molar-refractivity contribution >= 4 is 11.0 Å². The number of nitrogens with zero attached hydrogens (tertiary/aromatic N) is 5. The molecule has 1 aliphatic heterocycles. The fourth-order valence-corrected chi connectivity index (χ4v) is 4.10. The SMILES string of the molecule is CCOc1ccc(CN2CC[C@H](c3nn(CCN(C)C)c4ncccc34)C2)cc1. The van der Waals surface area contributed by atoms with E-state index in [2.05, 4.69) is 63.9 Å². The summed E-state index contributed by atoms with van der Waals surface area (Å²) >= 11 is 0. The van der Waals surface area contributed by atoms with Crippen molar-refractivity contribution < 1.29 is 4.74 Å². The minimum absolute atomic E-state index is 0.463. The zero-order chi connectivity index (χ0) is 20.2. The summed E-state index contributed by atoms with van der Waals surface area (Å²) in [6, 6.07) is 12.7. The molecule has 1 aromatic carbocycles. The van der Waals surface area contributed by atoms with Gasteiger partial charge in [-0.15, -0.1) is 0 Å². The predicted molar refractivity (Wildman–Crippen MR) is 116 cm³/mol. The average molecular weight is 394 g/mol. The maximum absolute atomic E-state index is 5.55. The van der Waals surface area contributed by atoms with Crippen LogP contribution in [0.25, 0.3) is 11.0 Å². The van der Waals surface area contributed by atoms with Crippen molar-refractivity contribution in [3.63, 3.8) is 0 Å². The average Bonchev–Trinajstić information content (AvgIpc) is 3.32. The maximum Gasteiger partial charge on any atom is 0.158 e. The molecule has 1 fully saturated rings. The third-order valence-electron chi connectivity index (χ3n) is 5.59. The Hall–Kier alpha value is -2.44. The lowest BCUT2D eigenvalue weighted by atomic mass is 10.0. The Morgan fingerprint density at radius 2 is 2.00 bits per heavy atom. The molecule has 0 unspecified atom stereocenters. The van der Waals surface area contributed by atoms with E-state index < -0.39 is 0 Å². The molecule has 0 saturated carbocycles. The number of ether oxygens (including phenoxy) is 1. The van der Waals surface area contributed by atoms with Gasteiger partial charge in [-0.3, -0.25) is 4.90 Å². The molecule has 3 aromatic rings. The van der Waals surface area contributed by atoms with Crippen molar-refractivity contribution in [2.24, 2.45) is 0 Å². The standard InChI is InChI=1S/C23H31N5O/c1-4-29-20-9-7-18(8-10-20)16-27-13-11-19(17-27)22-21-6-5-12-24-23(21)28(25-22)15-14-26(2)3/h5-10,12,19H,4,11,13-17H2,1-3H3/t19-/m0/s1. The van der Waals surface area contributed by atoms with Crippen LogP contribution in [0.1, 0.15) is 30.5 Å². The van der Waals surface area contributed by atoms with E-state index in [1.165, 1.54) is 16.6 Å². The van der Waals surface area contributed by atoms with E-state index in [1.807, 2.05) is 19.2 Å². The Morgan fingerprint density at radius 1 is 1.17 bits per heavy atom. The van der Waals surface area contributed by atoms with Crippen LogP contribution in [0, 0.1) is 0 Å². The first-order valence-electron chi connectivity index (χ1n) is 10.5. The van der Waals surface area contributed by atoms with E-state index >= 15 is 0 Å². The van der Waals surface area contributed by atoms with Crippen LogP contribution in [0.5, 0.6) is 5.75 Å². The Morgan fingerprint density at radius 3 is 2.76 bits per heavy atom. The number of benzene rings is 1. The van der Waals surface area contributed by atoms with Gasteiger partial charge in [0, 0.05) is 37.1 Å². The predicted octanol–water partition coefficient (Wildman–Crippen LogP) is 3.38. The minimum Gasteiger partial charge on any atom is -0.494 e. The molecule has 154 valence electrons. The molecule has 0 bridgehead atoms. The summed E-state index contributed by atoms with van der Waals surface area (Å²) < 4.78 is 7.63. The number of likely N-dealkylation sites (N-methyl/N-ethyl adjacent to an activating group) is 1. The second-order valence-corrected chi connectivity index (χ2v) is 8.08. The van der Waals surface area contributed by atoms with Crippen LogP contribution < -0.4 is 4.74 Å². The molecular weight excluding hydrogens is 362 g/mol. The molecule has 1 atom stereocenters. The molecule has 0 spiro atoms. The number of hydrogen-bond acceptors (Lipinski definition) is 5. The Bertz CT molecular complexity index is 934. The summed E-state index contributed by atoms with van der Waals surface area (Å²) in [6.07, 6.45) is 3.01. The first kappa shape index (κ1) is 19.9. The molecule has 1 saturated heterocycles. The molecule has 6 nitrogen and oxygen atoms in total. The number of rotatable bonds is 8. The summed E-state index contributed by atoms with van der Waals surface area (Å²) in [6.45, 7) is 7.66. The zero-order valence-electron chi connectivity index (χ0n) is 17.7. The Kier molecular flexibility index (Phi) is 6.11. The van der Waals surface area contributed by atoms with Crippen LogP contribution in [0.4, 0.5) is 0 Å². The van der Waals surface area contributed by atoms with E-state index in [0.717, 1.165) is 50.5 Å². The summed E-state index contributed by atoms with van der Waals surface area (Å²) in [5.74, 6) is 1.41. The van der Waals surface area contributed by atoms with Crippen molar-refractivity contribution in [1.29, 1.82) is 0 Å². The van der Waals surface area contributed by atoms with Gasteiger partial charge in [0.05, 0.1) is 18.8 Å². The van der Waals surface area contributed by atoms with Crippen LogP contribution in [0.3, 0.4) is 0 Å². The molecule has 1 aliphatic rings. The second kappa shape index (κ2) is 8.93. The molecular formula is C23H31N5O. The van der Waals surface area contributed by atoms with Crippen LogP contribution in [-0.2, 0) is 13.1 Å². The van der Waals surface area contributed by atoms with Gasteiger partial charge < -0.3 is 9.64 Å². The molecule has 0 amide bonds. The lowest BCUT2D eigenvalue weighted by Gasteiger charge is -2.16. The van der Waals surface area contributed by atoms with E-state index in [0.29, 0.717) is 12.5 Å². The van der Waals surface area contributed by atoms with Gasteiger partial charge in [0.15, 0.2) is 5.65 Å². The molecule has 6 heteroatoms. The minimum atomic E-state index is 0.463. The number of fused-ring (bicyclic) bond motifs is 1. The Balaban J connectivity index is 1.46. The first-order chi connectivity index (χ1) is 14.1. The van der Waals surface area contributed by atoms with Gasteiger partial charge in [0.1, 0.15) is 5.75 Å². The molecule has 4 rings (SSSR count). The topological polar surface area (TPSA) is 46.4 Å². The van der Waals surface area contributed by atoms with Gasteiger partial charge >= 0.3 is 0 Å². The highest BCUT2D eigenvalue weighted by molar-refractivity contribution is 5.78. The molecule has 0 aliphatic carbocycles. The summed E-state index contributed by atoms with van der Waals surface area (Å²) in [5.41, 5.74) is 3.55. The van der Waals surface area contributed by atoms with E-state index in [-0.39, 0.29) is 0 Å². The lowest BCUT2D eigenvalue weighted by molar-refractivity contribution is 0.324. The highest BCUT2D eigenvalue weighted by Gasteiger charge is 2.28. The van der Waals surface area contributed by atoms with Crippen LogP contribution in [-0.4, -0.2) is 64.9 Å². The molecule has 2 aromatic heterocycles. The van der Waals surface area contributed by atoms with Crippen molar-refractivity contribution in [2.75, 3.05) is 40.3 Å². The molecule has 29 heavy (non-hydrogen) atoms. The smallest absolute Gasteiger partial charge is 0.158 e. The fraction of sp³-hybridized carbons (Fsp3) is 0.478. The number of likely N-dealkylation sites (tertiary alicyclic amines) is 1. The van der Waals surface area contributed by atoms with E-state index in [4.69, 9.17) is 9.84 Å². The van der Waals surface area contributed by atoms with E-state index in [1.54, 1.807) is 0 Å². The van der Waals surface area contributed by atoms with E-state index in [9.17, 15) is 0 Å². The highest BCUT2D eigenvalue weighted by atomic mass is 16.5. The van der Waals surface area contributed by atoms with Crippen LogP contribution in [0.15, 0.2) is 42.6 Å². The summed E-state index contributed by atoms with van der Waals surface area (Å²) in [7, 11) is 4.19. The quantitative estimate of drug-likeness (QED) is 0.587. The van der Waals surface area contributed by atoms with Crippen LogP contribution >= 0.6 is 0 Å². The molecule has 3 heterocycles. The fourth-order valence-electron chi connectivity index (χ4n) is 4.10. The number of aromatic nitrogens is 3. The summed E-state index contributed by atoms with van der Waals surface area (Å²) in [4.78, 5) is 9.33. The van der Waals surface area contributed by atoms with Crippen molar-refractivity contribution in [3.05, 3.63) is 53.9 Å². The lowest BCUT2D eigenvalue weighted by Crippen LogP contribution is -2.20. The second-order valence-electron chi connectivity index (χ2n) is 8.08. The van der Waals surface area contributed by atoms with Gasteiger partial charge in [0.25, 0.3) is 0 Å². The zero-order valence-corrected chi connectivity index (χ0v) is 17.7. The summed E-state index contributed by atoms with van der Waals surface area (Å²) in [5, 5.41) is 6.21. The van der Waals surface area contributed by atoms with Crippen LogP contribution in [0.2, 0.25) is 0 Å². The van der Waals surface area contributed by atoms with Gasteiger partial charge in [-0.05, 0) is 63.8 Å². The monoisotopic (exact) mass is 393 g/mol. The number of hydrogen-bond donors (Lipinski definition) is 0. The van der Waals surface area contributed by atoms with Crippen molar-refractivity contribution in [2.45, 2.75) is 32.4 Å². The van der Waals surface area contributed by atoms with Gasteiger partial charge in [-0.2, -0.15) is 5.10 Å². The Labute approximate surface area is 173 Å². The molecule has 0 N–H and O–H groups in total. The normalized spacial score (nSPS) is 17.4. The maximum atomic E-state index is 5.55.